The van der Waals surface area contributed by atoms with Crippen LogP contribution in [0.5, 0.6) is 0 Å². The topological polar surface area (TPSA) is 32.0 Å². The Bertz CT molecular complexity index is 2350. The zero-order valence-corrected chi connectivity index (χ0v) is 25.1. The molecule has 0 atom stereocenters. The average molecular weight is 588 g/mol. The van der Waals surface area contributed by atoms with E-state index in [1.807, 2.05) is 42.5 Å². The number of hydrogen-bond acceptors (Lipinski definition) is 2. The van der Waals surface area contributed by atoms with Crippen molar-refractivity contribution in [1.82, 2.24) is 4.57 Å². The molecule has 0 aliphatic carbocycles. The molecule has 0 saturated carbocycles. The predicted molar refractivity (Wildman–Crippen MR) is 191 cm³/mol. The summed E-state index contributed by atoms with van der Waals surface area (Å²) in [4.78, 5) is 2.19. The van der Waals surface area contributed by atoms with E-state index in [9.17, 15) is 5.26 Å². The number of anilines is 3. The van der Waals surface area contributed by atoms with E-state index in [1.165, 1.54) is 38.5 Å². The third-order valence-corrected chi connectivity index (χ3v) is 8.60. The van der Waals surface area contributed by atoms with E-state index in [2.05, 4.69) is 149 Å². The van der Waals surface area contributed by atoms with Crippen LogP contribution in [0, 0.1) is 11.3 Å². The van der Waals surface area contributed by atoms with E-state index >= 15 is 0 Å². The first kappa shape index (κ1) is 27.2. The summed E-state index contributed by atoms with van der Waals surface area (Å²) in [6.45, 7) is 0. The van der Waals surface area contributed by atoms with Crippen molar-refractivity contribution >= 4 is 38.9 Å². The molecule has 7 aromatic carbocycles. The number of para-hydroxylation sites is 3. The molecule has 0 spiro atoms. The summed E-state index contributed by atoms with van der Waals surface area (Å²) in [5.74, 6) is 0. The Hall–Kier alpha value is -6.37. The summed E-state index contributed by atoms with van der Waals surface area (Å²) in [5, 5.41) is 12.1. The van der Waals surface area contributed by atoms with Crippen LogP contribution in [0.15, 0.2) is 176 Å². The lowest BCUT2D eigenvalue weighted by Gasteiger charge is -2.26. The van der Waals surface area contributed by atoms with E-state index in [0.29, 0.717) is 5.56 Å². The zero-order chi connectivity index (χ0) is 30.9. The van der Waals surface area contributed by atoms with Crippen LogP contribution in [0.1, 0.15) is 5.56 Å². The van der Waals surface area contributed by atoms with Crippen molar-refractivity contribution < 1.29 is 0 Å². The maximum atomic E-state index is 9.60. The highest BCUT2D eigenvalue weighted by Crippen LogP contribution is 2.42. The summed E-state index contributed by atoms with van der Waals surface area (Å²) in [7, 11) is 0. The molecule has 3 heteroatoms. The minimum atomic E-state index is 0.630. The molecule has 3 nitrogen and oxygen atoms in total. The Balaban J connectivity index is 1.33. The number of benzene rings is 7. The van der Waals surface area contributed by atoms with Crippen molar-refractivity contribution in [1.29, 1.82) is 5.26 Å². The van der Waals surface area contributed by atoms with Gasteiger partial charge in [-0.1, -0.05) is 103 Å². The standard InChI is InChI=1S/C43H29N3/c44-30-31-13-12-20-37(27-31)45(34-16-6-2-7-17-34)36-25-23-33(24-26-36)39-28-41-38-21-10-11-22-42(38)46(35-18-8-3-9-19-35)43(41)29-40(39)32-14-4-1-5-15-32/h1-29H. The van der Waals surface area contributed by atoms with Gasteiger partial charge in [-0.05, 0) is 95.1 Å². The van der Waals surface area contributed by atoms with Crippen molar-refractivity contribution in [3.63, 3.8) is 0 Å². The van der Waals surface area contributed by atoms with Gasteiger partial charge >= 0.3 is 0 Å². The normalized spacial score (nSPS) is 11.0. The van der Waals surface area contributed by atoms with Gasteiger partial charge in [0.05, 0.1) is 22.7 Å². The first-order chi connectivity index (χ1) is 22.8. The fourth-order valence-corrected chi connectivity index (χ4v) is 6.49. The van der Waals surface area contributed by atoms with E-state index in [0.717, 1.165) is 28.3 Å². The third-order valence-electron chi connectivity index (χ3n) is 8.60. The fourth-order valence-electron chi connectivity index (χ4n) is 6.49. The molecule has 216 valence electrons. The number of fused-ring (bicyclic) bond motifs is 3. The maximum absolute atomic E-state index is 9.60. The molecule has 0 N–H and O–H groups in total. The average Bonchev–Trinajstić information content (AvgIpc) is 3.46. The highest BCUT2D eigenvalue weighted by Gasteiger charge is 2.18. The molecular weight excluding hydrogens is 558 g/mol. The number of nitrogens with zero attached hydrogens (tertiary/aromatic N) is 3. The molecule has 46 heavy (non-hydrogen) atoms. The van der Waals surface area contributed by atoms with Gasteiger partial charge in [-0.15, -0.1) is 0 Å². The van der Waals surface area contributed by atoms with Crippen molar-refractivity contribution in [2.24, 2.45) is 0 Å². The molecule has 0 unspecified atom stereocenters. The Morgan fingerprint density at radius 2 is 1.02 bits per heavy atom. The number of nitriles is 1. The third kappa shape index (κ3) is 4.79. The first-order valence-corrected chi connectivity index (χ1v) is 15.4. The van der Waals surface area contributed by atoms with E-state index < -0.39 is 0 Å². The number of rotatable bonds is 6. The van der Waals surface area contributed by atoms with Crippen molar-refractivity contribution in [3.05, 3.63) is 181 Å². The first-order valence-electron chi connectivity index (χ1n) is 15.4. The Morgan fingerprint density at radius 1 is 0.435 bits per heavy atom. The van der Waals surface area contributed by atoms with Gasteiger partial charge in [0.2, 0.25) is 0 Å². The molecule has 8 aromatic rings. The summed E-state index contributed by atoms with van der Waals surface area (Å²) >= 11 is 0. The largest absolute Gasteiger partial charge is 0.310 e. The van der Waals surface area contributed by atoms with Crippen molar-refractivity contribution in [3.8, 4) is 34.0 Å². The molecule has 8 rings (SSSR count). The van der Waals surface area contributed by atoms with Crippen LogP contribution < -0.4 is 4.90 Å². The monoisotopic (exact) mass is 587 g/mol. The molecule has 0 aliphatic heterocycles. The molecule has 0 fully saturated rings. The highest BCUT2D eigenvalue weighted by molar-refractivity contribution is 6.12. The second kappa shape index (κ2) is 11.6. The smallest absolute Gasteiger partial charge is 0.0992 e. The number of hydrogen-bond donors (Lipinski definition) is 0. The van der Waals surface area contributed by atoms with Gasteiger partial charge in [0.15, 0.2) is 0 Å². The van der Waals surface area contributed by atoms with Gasteiger partial charge in [-0.2, -0.15) is 5.26 Å². The van der Waals surface area contributed by atoms with E-state index in [1.54, 1.807) is 0 Å². The minimum Gasteiger partial charge on any atom is -0.310 e. The summed E-state index contributed by atoms with van der Waals surface area (Å²) in [6.07, 6.45) is 0. The minimum absolute atomic E-state index is 0.630. The van der Waals surface area contributed by atoms with E-state index in [-0.39, 0.29) is 0 Å². The van der Waals surface area contributed by atoms with Gasteiger partial charge in [0.25, 0.3) is 0 Å². The fraction of sp³-hybridized carbons (Fsp3) is 0. The molecule has 0 aliphatic rings. The van der Waals surface area contributed by atoms with Crippen molar-refractivity contribution in [2.75, 3.05) is 4.90 Å². The quantitative estimate of drug-likeness (QED) is 0.194. The highest BCUT2D eigenvalue weighted by atomic mass is 15.1. The summed E-state index contributed by atoms with van der Waals surface area (Å²) < 4.78 is 2.37. The van der Waals surface area contributed by atoms with Crippen LogP contribution in [-0.4, -0.2) is 4.57 Å². The maximum Gasteiger partial charge on any atom is 0.0992 e. The Labute approximate surface area is 268 Å². The van der Waals surface area contributed by atoms with E-state index in [4.69, 9.17) is 0 Å². The van der Waals surface area contributed by atoms with Gasteiger partial charge in [0, 0.05) is 33.5 Å². The zero-order valence-electron chi connectivity index (χ0n) is 25.1. The van der Waals surface area contributed by atoms with Gasteiger partial charge < -0.3 is 9.47 Å². The molecular formula is C43H29N3. The summed E-state index contributed by atoms with van der Waals surface area (Å²) in [6, 6.07) is 63.7. The molecule has 0 amide bonds. The Kier molecular flexibility index (Phi) is 6.87. The van der Waals surface area contributed by atoms with Crippen LogP contribution in [-0.2, 0) is 0 Å². The molecule has 1 heterocycles. The Morgan fingerprint density at radius 3 is 1.76 bits per heavy atom. The lowest BCUT2D eigenvalue weighted by molar-refractivity contribution is 1.18. The summed E-state index contributed by atoms with van der Waals surface area (Å²) in [5.41, 5.74) is 11.8. The molecule has 1 aromatic heterocycles. The van der Waals surface area contributed by atoms with Crippen LogP contribution in [0.2, 0.25) is 0 Å². The van der Waals surface area contributed by atoms with Gasteiger partial charge in [0.1, 0.15) is 0 Å². The SMILES string of the molecule is N#Cc1cccc(N(c2ccccc2)c2ccc(-c3cc4c5ccccc5n(-c5ccccc5)c4cc3-c3ccccc3)cc2)c1. The molecule has 0 saturated heterocycles. The van der Waals surface area contributed by atoms with Gasteiger partial charge in [-0.25, -0.2) is 0 Å². The van der Waals surface area contributed by atoms with Gasteiger partial charge in [-0.3, -0.25) is 0 Å². The van der Waals surface area contributed by atoms with Crippen LogP contribution in [0.4, 0.5) is 17.1 Å². The van der Waals surface area contributed by atoms with Crippen LogP contribution in [0.3, 0.4) is 0 Å². The lowest BCUT2D eigenvalue weighted by Crippen LogP contribution is -2.09. The second-order valence-corrected chi connectivity index (χ2v) is 11.3. The van der Waals surface area contributed by atoms with Crippen LogP contribution in [0.25, 0.3) is 49.7 Å². The molecule has 0 bridgehead atoms. The molecule has 0 radical (unpaired) electrons. The van der Waals surface area contributed by atoms with Crippen LogP contribution >= 0.6 is 0 Å². The number of aromatic nitrogens is 1. The predicted octanol–water partition coefficient (Wildman–Crippen LogP) is 11.5. The second-order valence-electron chi connectivity index (χ2n) is 11.3. The van der Waals surface area contributed by atoms with Crippen molar-refractivity contribution in [2.45, 2.75) is 0 Å². The lowest BCUT2D eigenvalue weighted by atomic mass is 9.92.